The number of rotatable bonds is 8. The Kier molecular flexibility index (Phi) is 7.42. The highest BCUT2D eigenvalue weighted by Crippen LogP contribution is 2.15. The molecular weight excluding hydrogens is 363 g/mol. The van der Waals surface area contributed by atoms with Crippen LogP contribution in [0.2, 0.25) is 0 Å². The Bertz CT molecular complexity index is 807. The maximum absolute atomic E-state index is 13.4. The second-order valence-corrected chi connectivity index (χ2v) is 5.26. The van der Waals surface area contributed by atoms with E-state index in [1.54, 1.807) is 6.07 Å². The molecule has 0 aliphatic heterocycles. The van der Waals surface area contributed by atoms with Gasteiger partial charge in [0.1, 0.15) is 11.6 Å². The molecule has 2 rings (SSSR count). The van der Waals surface area contributed by atoms with Gasteiger partial charge in [-0.2, -0.15) is 8.78 Å². The van der Waals surface area contributed by atoms with E-state index in [0.29, 0.717) is 11.1 Å². The van der Waals surface area contributed by atoms with Crippen LogP contribution in [0.1, 0.15) is 11.1 Å². The summed E-state index contributed by atoms with van der Waals surface area (Å²) in [6, 6.07) is 11.6. The van der Waals surface area contributed by atoms with Gasteiger partial charge in [0.15, 0.2) is 6.61 Å². The van der Waals surface area contributed by atoms with Crippen LogP contribution in [0.5, 0.6) is 5.75 Å². The molecule has 1 amide bonds. The zero-order chi connectivity index (χ0) is 19.6. The lowest BCUT2D eigenvalue weighted by molar-refractivity contribution is -0.143. The largest absolute Gasteiger partial charge is 0.452 e. The average Bonchev–Trinajstić information content (AvgIpc) is 2.64. The van der Waals surface area contributed by atoms with E-state index >= 15 is 0 Å². The summed E-state index contributed by atoms with van der Waals surface area (Å²) in [5.74, 6) is -1.78. The van der Waals surface area contributed by atoms with Crippen molar-refractivity contribution in [3.63, 3.8) is 0 Å². The third-order valence-corrected chi connectivity index (χ3v) is 3.30. The molecule has 27 heavy (non-hydrogen) atoms. The molecule has 8 heteroatoms. The van der Waals surface area contributed by atoms with Crippen LogP contribution >= 0.6 is 0 Å². The average molecular weight is 379 g/mol. The number of halogens is 3. The van der Waals surface area contributed by atoms with Gasteiger partial charge in [0, 0.05) is 18.2 Å². The molecule has 0 saturated heterocycles. The quantitative estimate of drug-likeness (QED) is 0.565. The van der Waals surface area contributed by atoms with Crippen LogP contribution in [0.25, 0.3) is 6.08 Å². The van der Waals surface area contributed by atoms with E-state index in [1.807, 2.05) is 0 Å². The molecular formula is C19H16F3NO4. The van der Waals surface area contributed by atoms with E-state index in [0.717, 1.165) is 6.08 Å². The van der Waals surface area contributed by atoms with Gasteiger partial charge in [-0.3, -0.25) is 4.79 Å². The first kappa shape index (κ1) is 20.0. The third-order valence-electron chi connectivity index (χ3n) is 3.30. The smallest absolute Gasteiger partial charge is 0.387 e. The molecule has 0 fully saturated rings. The van der Waals surface area contributed by atoms with E-state index in [9.17, 15) is 22.8 Å². The van der Waals surface area contributed by atoms with Gasteiger partial charge in [0.25, 0.3) is 5.91 Å². The fraction of sp³-hybridized carbons (Fsp3) is 0.158. The number of hydrogen-bond donors (Lipinski definition) is 1. The Morgan fingerprint density at radius 1 is 1.07 bits per heavy atom. The summed E-state index contributed by atoms with van der Waals surface area (Å²) in [6.45, 7) is -3.45. The van der Waals surface area contributed by atoms with Gasteiger partial charge in [-0.25, -0.2) is 9.18 Å². The maximum Gasteiger partial charge on any atom is 0.387 e. The SMILES string of the molecule is O=C(COC(=O)/C=C/c1ccc(OC(F)F)cc1)NCc1ccccc1F. The van der Waals surface area contributed by atoms with Gasteiger partial charge in [0.2, 0.25) is 0 Å². The van der Waals surface area contributed by atoms with E-state index in [1.165, 1.54) is 48.5 Å². The van der Waals surface area contributed by atoms with Gasteiger partial charge in [-0.15, -0.1) is 0 Å². The zero-order valence-corrected chi connectivity index (χ0v) is 14.0. The molecule has 0 aromatic heterocycles. The number of hydrogen-bond acceptors (Lipinski definition) is 4. The van der Waals surface area contributed by atoms with E-state index in [-0.39, 0.29) is 12.3 Å². The second kappa shape index (κ2) is 10.0. The lowest BCUT2D eigenvalue weighted by atomic mass is 10.2. The third kappa shape index (κ3) is 7.23. The van der Waals surface area contributed by atoms with Crippen molar-refractivity contribution in [3.05, 3.63) is 71.6 Å². The topological polar surface area (TPSA) is 64.6 Å². The van der Waals surface area contributed by atoms with Crippen molar-refractivity contribution in [1.82, 2.24) is 5.32 Å². The Morgan fingerprint density at radius 3 is 2.44 bits per heavy atom. The van der Waals surface area contributed by atoms with Crippen LogP contribution in [-0.4, -0.2) is 25.1 Å². The van der Waals surface area contributed by atoms with E-state index in [4.69, 9.17) is 4.74 Å². The van der Waals surface area contributed by atoms with Gasteiger partial charge >= 0.3 is 12.6 Å². The minimum atomic E-state index is -2.91. The molecule has 0 unspecified atom stereocenters. The molecule has 0 bridgehead atoms. The first-order valence-corrected chi connectivity index (χ1v) is 7.84. The van der Waals surface area contributed by atoms with Crippen LogP contribution in [0.15, 0.2) is 54.6 Å². The molecule has 0 spiro atoms. The number of amides is 1. The molecule has 2 aromatic carbocycles. The molecule has 0 aliphatic carbocycles. The van der Waals surface area contributed by atoms with Crippen LogP contribution < -0.4 is 10.1 Å². The summed E-state index contributed by atoms with van der Waals surface area (Å²) in [7, 11) is 0. The van der Waals surface area contributed by atoms with Crippen LogP contribution in [-0.2, 0) is 20.9 Å². The molecule has 2 aromatic rings. The zero-order valence-electron chi connectivity index (χ0n) is 14.0. The summed E-state index contributed by atoms with van der Waals surface area (Å²) in [6.07, 6.45) is 2.48. The van der Waals surface area contributed by atoms with E-state index in [2.05, 4.69) is 10.1 Å². The Morgan fingerprint density at radius 2 is 1.78 bits per heavy atom. The van der Waals surface area contributed by atoms with Crippen molar-refractivity contribution in [2.75, 3.05) is 6.61 Å². The first-order valence-electron chi connectivity index (χ1n) is 7.84. The predicted octanol–water partition coefficient (Wildman–Crippen LogP) is 3.30. The van der Waals surface area contributed by atoms with Gasteiger partial charge in [-0.1, -0.05) is 30.3 Å². The predicted molar refractivity (Wildman–Crippen MR) is 91.3 cm³/mol. The lowest BCUT2D eigenvalue weighted by Gasteiger charge is -2.06. The minimum Gasteiger partial charge on any atom is -0.452 e. The number of benzene rings is 2. The Balaban J connectivity index is 1.74. The molecule has 5 nitrogen and oxygen atoms in total. The Hall–Kier alpha value is -3.29. The molecule has 0 heterocycles. The number of carbonyl (C=O) groups is 2. The Labute approximate surface area is 153 Å². The normalized spacial score (nSPS) is 10.8. The number of esters is 1. The molecule has 0 radical (unpaired) electrons. The monoisotopic (exact) mass is 379 g/mol. The van der Waals surface area contributed by atoms with Crippen molar-refractivity contribution in [3.8, 4) is 5.75 Å². The minimum absolute atomic E-state index is 0.00347. The highest BCUT2D eigenvalue weighted by atomic mass is 19.3. The lowest BCUT2D eigenvalue weighted by Crippen LogP contribution is -2.28. The molecule has 0 saturated carbocycles. The number of alkyl halides is 2. The van der Waals surface area contributed by atoms with Crippen molar-refractivity contribution in [1.29, 1.82) is 0 Å². The highest BCUT2D eigenvalue weighted by Gasteiger charge is 2.07. The van der Waals surface area contributed by atoms with Crippen LogP contribution in [0.3, 0.4) is 0 Å². The van der Waals surface area contributed by atoms with Gasteiger partial charge in [-0.05, 0) is 29.8 Å². The molecule has 1 N–H and O–H groups in total. The van der Waals surface area contributed by atoms with Crippen molar-refractivity contribution in [2.45, 2.75) is 13.2 Å². The summed E-state index contributed by atoms with van der Waals surface area (Å²) in [5.41, 5.74) is 0.869. The van der Waals surface area contributed by atoms with Crippen LogP contribution in [0, 0.1) is 5.82 Å². The van der Waals surface area contributed by atoms with E-state index < -0.39 is 30.9 Å². The van der Waals surface area contributed by atoms with Gasteiger partial charge in [0.05, 0.1) is 0 Å². The summed E-state index contributed by atoms with van der Waals surface area (Å²) in [5, 5.41) is 2.44. The molecule has 0 aliphatic rings. The van der Waals surface area contributed by atoms with Gasteiger partial charge < -0.3 is 14.8 Å². The number of carbonyl (C=O) groups excluding carboxylic acids is 2. The van der Waals surface area contributed by atoms with Crippen molar-refractivity contribution < 1.29 is 32.2 Å². The number of ether oxygens (including phenoxy) is 2. The second-order valence-electron chi connectivity index (χ2n) is 5.26. The highest BCUT2D eigenvalue weighted by molar-refractivity contribution is 5.89. The fourth-order valence-corrected chi connectivity index (χ4v) is 2.00. The standard InChI is InChI=1S/C19H16F3NO4/c20-16-4-2-1-3-14(16)11-23-17(24)12-26-18(25)10-7-13-5-8-15(9-6-13)27-19(21)22/h1-10,19H,11-12H2,(H,23,24)/b10-7+. The summed E-state index contributed by atoms with van der Waals surface area (Å²) >= 11 is 0. The molecule has 0 atom stereocenters. The summed E-state index contributed by atoms with van der Waals surface area (Å²) in [4.78, 5) is 23.2. The molecule has 142 valence electrons. The summed E-state index contributed by atoms with van der Waals surface area (Å²) < 4.78 is 46.5. The van der Waals surface area contributed by atoms with Crippen molar-refractivity contribution in [2.24, 2.45) is 0 Å². The number of nitrogens with one attached hydrogen (secondary N) is 1. The van der Waals surface area contributed by atoms with Crippen molar-refractivity contribution >= 4 is 18.0 Å². The van der Waals surface area contributed by atoms with Crippen LogP contribution in [0.4, 0.5) is 13.2 Å². The first-order chi connectivity index (χ1) is 12.9. The maximum atomic E-state index is 13.4. The fourth-order valence-electron chi connectivity index (χ4n) is 2.00.